The Labute approximate surface area is 174 Å². The summed E-state index contributed by atoms with van der Waals surface area (Å²) < 4.78 is 0. The van der Waals surface area contributed by atoms with E-state index in [1.807, 2.05) is 36.4 Å². The molecule has 0 spiro atoms. The molecule has 7 rings (SSSR count). The van der Waals surface area contributed by atoms with E-state index in [2.05, 4.69) is 83.8 Å². The molecule has 1 aromatic heterocycles. The van der Waals surface area contributed by atoms with E-state index in [9.17, 15) is 0 Å². The molecule has 0 radical (unpaired) electrons. The normalized spacial score (nSPS) is 11.3. The van der Waals surface area contributed by atoms with Gasteiger partial charge in [-0.2, -0.15) is 0 Å². The van der Waals surface area contributed by atoms with Crippen LogP contribution in [0.5, 0.6) is 0 Å². The number of para-hydroxylation sites is 2. The van der Waals surface area contributed by atoms with Crippen molar-refractivity contribution >= 4 is 54.1 Å². The summed E-state index contributed by atoms with van der Waals surface area (Å²) in [4.78, 5) is 4.58. The van der Waals surface area contributed by atoms with Crippen LogP contribution in [0.15, 0.2) is 115 Å². The van der Waals surface area contributed by atoms with Crippen LogP contribution in [0.1, 0.15) is 0 Å². The largest absolute Gasteiger partial charge is 0.248 e. The molecule has 0 aliphatic heterocycles. The number of fused-ring (bicyclic) bond motifs is 2. The van der Waals surface area contributed by atoms with Gasteiger partial charge in [0.25, 0.3) is 0 Å². The smallest absolute Gasteiger partial charge is 0.0709 e. The van der Waals surface area contributed by atoms with Crippen LogP contribution in [-0.2, 0) is 0 Å². The highest BCUT2D eigenvalue weighted by atomic mass is 14.7. The van der Waals surface area contributed by atoms with Gasteiger partial charge in [-0.25, -0.2) is 4.98 Å². The molecule has 0 saturated heterocycles. The summed E-state index contributed by atoms with van der Waals surface area (Å²) >= 11 is 0. The molecular formula is C29H19N. The van der Waals surface area contributed by atoms with Gasteiger partial charge in [-0.15, -0.1) is 0 Å². The summed E-state index contributed by atoms with van der Waals surface area (Å²) in [6.07, 6.45) is 0. The first kappa shape index (κ1) is 16.9. The van der Waals surface area contributed by atoms with E-state index in [-0.39, 0.29) is 0 Å². The minimum absolute atomic E-state index is 1.06. The summed E-state index contributed by atoms with van der Waals surface area (Å²) in [5.41, 5.74) is 2.12. The number of pyridine rings is 1. The highest BCUT2D eigenvalue weighted by molar-refractivity contribution is 6.22. The van der Waals surface area contributed by atoms with Gasteiger partial charge >= 0.3 is 0 Å². The van der Waals surface area contributed by atoms with Gasteiger partial charge in [0.15, 0.2) is 0 Å². The summed E-state index contributed by atoms with van der Waals surface area (Å²) in [6, 6.07) is 40.4. The minimum atomic E-state index is 1.06. The number of aromatic nitrogens is 1. The van der Waals surface area contributed by atoms with Gasteiger partial charge in [-0.3, -0.25) is 0 Å². The third-order valence-electron chi connectivity index (χ3n) is 5.82. The van der Waals surface area contributed by atoms with E-state index in [1.54, 1.807) is 0 Å². The van der Waals surface area contributed by atoms with Crippen LogP contribution >= 0.6 is 0 Å². The zero-order valence-corrected chi connectivity index (χ0v) is 16.4. The molecule has 0 fully saturated rings. The van der Waals surface area contributed by atoms with Crippen molar-refractivity contribution < 1.29 is 0 Å². The highest BCUT2D eigenvalue weighted by Crippen LogP contribution is 2.33. The van der Waals surface area contributed by atoms with Crippen molar-refractivity contribution in [2.24, 2.45) is 0 Å². The summed E-state index contributed by atoms with van der Waals surface area (Å²) in [6.45, 7) is 0. The molecule has 7 aromatic rings. The van der Waals surface area contributed by atoms with E-state index in [4.69, 9.17) is 0 Å². The molecule has 1 nitrogen and oxygen atoms in total. The molecular weight excluding hydrogens is 362 g/mol. The molecule has 0 unspecified atom stereocenters. The van der Waals surface area contributed by atoms with Gasteiger partial charge in [0.2, 0.25) is 0 Å². The van der Waals surface area contributed by atoms with Crippen molar-refractivity contribution in [1.29, 1.82) is 0 Å². The van der Waals surface area contributed by atoms with Crippen LogP contribution in [0, 0.1) is 0 Å². The zero-order chi connectivity index (χ0) is 19.9. The Hall–Kier alpha value is -3.97. The van der Waals surface area contributed by atoms with E-state index >= 15 is 0 Å². The van der Waals surface area contributed by atoms with Crippen LogP contribution in [0.25, 0.3) is 54.1 Å². The first-order chi connectivity index (χ1) is 14.9. The third-order valence-corrected chi connectivity index (χ3v) is 5.82. The van der Waals surface area contributed by atoms with E-state index in [0.29, 0.717) is 0 Å². The lowest BCUT2D eigenvalue weighted by Gasteiger charge is -2.09. The fourth-order valence-corrected chi connectivity index (χ4v) is 4.39. The Kier molecular flexibility index (Phi) is 3.85. The predicted octanol–water partition coefficient (Wildman–Crippen LogP) is 7.97. The SMILES string of the molecule is c1cc2ccc3cccc4ccc(c1)c2c34.c1ccc2nc3ccccc3cc2c1. The Bertz CT molecular complexity index is 1410. The monoisotopic (exact) mass is 381 g/mol. The lowest BCUT2D eigenvalue weighted by Crippen LogP contribution is -1.82. The Morgan fingerprint density at radius 2 is 0.700 bits per heavy atom. The standard InChI is InChI=1S/C16H10.C13H9N/c1-3-11-7-9-13-5-2-6-14-10-8-12(4-1)15(11)16(13)14;1-3-7-12-10(5-1)9-11-6-2-4-8-13(11)14-12/h1-10H;1-9H. The minimum Gasteiger partial charge on any atom is -0.248 e. The van der Waals surface area contributed by atoms with Gasteiger partial charge in [-0.1, -0.05) is 97.1 Å². The van der Waals surface area contributed by atoms with Crippen molar-refractivity contribution in [1.82, 2.24) is 4.98 Å². The number of hydrogen-bond donors (Lipinski definition) is 0. The van der Waals surface area contributed by atoms with Crippen LogP contribution in [-0.4, -0.2) is 4.98 Å². The zero-order valence-electron chi connectivity index (χ0n) is 16.4. The van der Waals surface area contributed by atoms with Crippen molar-refractivity contribution in [2.45, 2.75) is 0 Å². The molecule has 0 saturated carbocycles. The van der Waals surface area contributed by atoms with Crippen molar-refractivity contribution in [2.75, 3.05) is 0 Å². The quantitative estimate of drug-likeness (QED) is 0.192. The molecule has 0 atom stereocenters. The van der Waals surface area contributed by atoms with Gasteiger partial charge in [0.1, 0.15) is 0 Å². The molecule has 1 heterocycles. The fourth-order valence-electron chi connectivity index (χ4n) is 4.39. The van der Waals surface area contributed by atoms with E-state index in [0.717, 1.165) is 11.0 Å². The number of hydrogen-bond acceptors (Lipinski definition) is 1. The maximum absolute atomic E-state index is 4.58. The molecule has 0 bridgehead atoms. The van der Waals surface area contributed by atoms with Crippen LogP contribution in [0.3, 0.4) is 0 Å². The fraction of sp³-hybridized carbons (Fsp3) is 0. The summed E-state index contributed by atoms with van der Waals surface area (Å²) in [5.74, 6) is 0. The number of rotatable bonds is 0. The van der Waals surface area contributed by atoms with E-state index < -0.39 is 0 Å². The second-order valence-corrected chi connectivity index (χ2v) is 7.66. The second-order valence-electron chi connectivity index (χ2n) is 7.66. The van der Waals surface area contributed by atoms with Gasteiger partial charge < -0.3 is 0 Å². The van der Waals surface area contributed by atoms with Crippen LogP contribution < -0.4 is 0 Å². The molecule has 6 aromatic carbocycles. The van der Waals surface area contributed by atoms with Crippen molar-refractivity contribution in [3.8, 4) is 0 Å². The molecule has 0 amide bonds. The molecule has 1 heteroatoms. The molecule has 0 aliphatic carbocycles. The van der Waals surface area contributed by atoms with Crippen molar-refractivity contribution in [3.05, 3.63) is 115 Å². The Morgan fingerprint density at radius 1 is 0.333 bits per heavy atom. The number of nitrogens with zero attached hydrogens (tertiary/aromatic N) is 1. The molecule has 140 valence electrons. The molecule has 0 aliphatic rings. The topological polar surface area (TPSA) is 12.9 Å². The van der Waals surface area contributed by atoms with E-state index in [1.165, 1.54) is 43.1 Å². The number of benzene rings is 6. The lowest BCUT2D eigenvalue weighted by atomic mass is 9.95. The summed E-state index contributed by atoms with van der Waals surface area (Å²) in [5, 5.41) is 10.5. The Morgan fingerprint density at radius 3 is 1.13 bits per heavy atom. The van der Waals surface area contributed by atoms with Crippen LogP contribution in [0.4, 0.5) is 0 Å². The van der Waals surface area contributed by atoms with Gasteiger partial charge in [0, 0.05) is 10.8 Å². The highest BCUT2D eigenvalue weighted by Gasteiger charge is 2.06. The third kappa shape index (κ3) is 2.75. The van der Waals surface area contributed by atoms with Crippen LogP contribution in [0.2, 0.25) is 0 Å². The first-order valence-electron chi connectivity index (χ1n) is 10.2. The second kappa shape index (κ2) is 6.82. The molecule has 0 N–H and O–H groups in total. The molecule has 30 heavy (non-hydrogen) atoms. The maximum Gasteiger partial charge on any atom is 0.0709 e. The predicted molar refractivity (Wildman–Crippen MR) is 129 cm³/mol. The Balaban J connectivity index is 0.000000118. The maximum atomic E-state index is 4.58. The lowest BCUT2D eigenvalue weighted by molar-refractivity contribution is 1.50. The average Bonchev–Trinajstić information content (AvgIpc) is 2.82. The van der Waals surface area contributed by atoms with Crippen molar-refractivity contribution in [3.63, 3.8) is 0 Å². The average molecular weight is 381 g/mol. The van der Waals surface area contributed by atoms with Gasteiger partial charge in [0.05, 0.1) is 11.0 Å². The van der Waals surface area contributed by atoms with Gasteiger partial charge in [-0.05, 0) is 50.5 Å². The first-order valence-corrected chi connectivity index (χ1v) is 10.2. The summed E-state index contributed by atoms with van der Waals surface area (Å²) in [7, 11) is 0.